The van der Waals surface area contributed by atoms with Crippen LogP contribution in [0.25, 0.3) is 5.69 Å². The Bertz CT molecular complexity index is 751. The van der Waals surface area contributed by atoms with Crippen LogP contribution in [-0.4, -0.2) is 15.5 Å². The summed E-state index contributed by atoms with van der Waals surface area (Å²) in [6.45, 7) is 0.516. The Hall–Kier alpha value is -2.88. The van der Waals surface area contributed by atoms with Gasteiger partial charge in [0.25, 0.3) is 0 Å². The zero-order chi connectivity index (χ0) is 15.9. The van der Waals surface area contributed by atoms with Crippen molar-refractivity contribution < 1.29 is 4.79 Å². The number of carbonyl (C=O) groups excluding carboxylic acids is 1. The average molecular weight is 305 g/mol. The van der Waals surface area contributed by atoms with Crippen LogP contribution < -0.4 is 5.32 Å². The van der Waals surface area contributed by atoms with E-state index in [9.17, 15) is 4.79 Å². The molecule has 1 aromatic heterocycles. The molecule has 0 saturated carbocycles. The van der Waals surface area contributed by atoms with E-state index in [0.717, 1.165) is 17.7 Å². The number of para-hydroxylation sites is 1. The summed E-state index contributed by atoms with van der Waals surface area (Å²) in [7, 11) is 0. The topological polar surface area (TPSA) is 46.9 Å². The summed E-state index contributed by atoms with van der Waals surface area (Å²) in [6.07, 6.45) is 6.66. The summed E-state index contributed by atoms with van der Waals surface area (Å²) in [5.74, 6) is 0.0642. The molecule has 116 valence electrons. The van der Waals surface area contributed by atoms with Crippen LogP contribution in [0.1, 0.15) is 17.5 Å². The third kappa shape index (κ3) is 4.07. The molecule has 23 heavy (non-hydrogen) atoms. The number of imidazole rings is 1. The second kappa shape index (κ2) is 7.40. The first-order chi connectivity index (χ1) is 11.3. The van der Waals surface area contributed by atoms with Crippen LogP contribution in [0.2, 0.25) is 0 Å². The van der Waals surface area contributed by atoms with E-state index in [2.05, 4.69) is 10.3 Å². The number of carbonyl (C=O) groups is 1. The molecule has 0 aliphatic heterocycles. The van der Waals surface area contributed by atoms with Gasteiger partial charge in [0.05, 0.1) is 12.0 Å². The fourth-order valence-electron chi connectivity index (χ4n) is 2.50. The quantitative estimate of drug-likeness (QED) is 0.760. The Morgan fingerprint density at radius 2 is 1.83 bits per heavy atom. The van der Waals surface area contributed by atoms with Crippen LogP contribution in [0.4, 0.5) is 0 Å². The van der Waals surface area contributed by atoms with Crippen LogP contribution >= 0.6 is 0 Å². The zero-order valence-electron chi connectivity index (χ0n) is 12.9. The number of benzene rings is 2. The lowest BCUT2D eigenvalue weighted by Gasteiger charge is -2.11. The highest BCUT2D eigenvalue weighted by molar-refractivity contribution is 5.76. The molecule has 0 aliphatic rings. The van der Waals surface area contributed by atoms with Gasteiger partial charge in [0, 0.05) is 25.4 Å². The van der Waals surface area contributed by atoms with Crippen molar-refractivity contribution in [1.82, 2.24) is 14.9 Å². The van der Waals surface area contributed by atoms with E-state index in [-0.39, 0.29) is 5.91 Å². The molecule has 0 fully saturated rings. The van der Waals surface area contributed by atoms with Gasteiger partial charge >= 0.3 is 0 Å². The van der Waals surface area contributed by atoms with Crippen LogP contribution in [-0.2, 0) is 17.8 Å². The number of amides is 1. The molecule has 0 unspecified atom stereocenters. The minimum absolute atomic E-state index is 0.0642. The van der Waals surface area contributed by atoms with Crippen LogP contribution in [0, 0.1) is 0 Å². The number of aromatic nitrogens is 2. The fraction of sp³-hybridized carbons (Fsp3) is 0.158. The van der Waals surface area contributed by atoms with Gasteiger partial charge in [-0.15, -0.1) is 0 Å². The second-order valence-corrected chi connectivity index (χ2v) is 5.36. The average Bonchev–Trinajstić information content (AvgIpc) is 3.14. The molecule has 1 amide bonds. The number of rotatable bonds is 6. The van der Waals surface area contributed by atoms with Gasteiger partial charge in [-0.25, -0.2) is 4.98 Å². The molecule has 4 heteroatoms. The summed E-state index contributed by atoms with van der Waals surface area (Å²) >= 11 is 0. The van der Waals surface area contributed by atoms with Crippen molar-refractivity contribution in [1.29, 1.82) is 0 Å². The van der Waals surface area contributed by atoms with E-state index in [1.165, 1.54) is 5.56 Å². The maximum atomic E-state index is 12.1. The van der Waals surface area contributed by atoms with Gasteiger partial charge in [0.1, 0.15) is 0 Å². The highest BCUT2D eigenvalue weighted by Gasteiger charge is 2.06. The summed E-state index contributed by atoms with van der Waals surface area (Å²) in [5, 5.41) is 3.00. The molecular weight excluding hydrogens is 286 g/mol. The minimum Gasteiger partial charge on any atom is -0.352 e. The van der Waals surface area contributed by atoms with Gasteiger partial charge in [-0.1, -0.05) is 48.5 Å². The number of aryl methyl sites for hydroxylation is 1. The molecule has 0 aliphatic carbocycles. The Balaban J connectivity index is 1.57. The van der Waals surface area contributed by atoms with E-state index in [1.54, 1.807) is 12.5 Å². The zero-order valence-corrected chi connectivity index (χ0v) is 12.9. The van der Waals surface area contributed by atoms with Crippen LogP contribution in [0.15, 0.2) is 73.3 Å². The van der Waals surface area contributed by atoms with Crippen LogP contribution in [0.3, 0.4) is 0 Å². The summed E-state index contributed by atoms with van der Waals surface area (Å²) < 4.78 is 1.95. The van der Waals surface area contributed by atoms with Gasteiger partial charge in [-0.2, -0.15) is 0 Å². The van der Waals surface area contributed by atoms with Crippen molar-refractivity contribution in [3.63, 3.8) is 0 Å². The summed E-state index contributed by atoms with van der Waals surface area (Å²) in [4.78, 5) is 16.1. The predicted octanol–water partition coefficient (Wildman–Crippen LogP) is 3.12. The third-order valence-electron chi connectivity index (χ3n) is 3.73. The number of nitrogens with one attached hydrogen (secondary N) is 1. The molecule has 0 bridgehead atoms. The molecule has 3 aromatic rings. The molecular formula is C19H19N3O. The number of hydrogen-bond donors (Lipinski definition) is 1. The first-order valence-electron chi connectivity index (χ1n) is 7.70. The van der Waals surface area contributed by atoms with Crippen molar-refractivity contribution in [3.05, 3.63) is 84.4 Å². The van der Waals surface area contributed by atoms with Crippen molar-refractivity contribution >= 4 is 5.91 Å². The van der Waals surface area contributed by atoms with E-state index in [1.807, 2.05) is 65.4 Å². The standard InChI is InChI=1S/C19H19N3O/c23-19(11-10-16-6-2-1-3-7-16)21-14-17-8-4-5-9-18(17)22-13-12-20-15-22/h1-9,12-13,15H,10-11,14H2,(H,21,23). The molecule has 1 heterocycles. The molecule has 0 spiro atoms. The first kappa shape index (κ1) is 15.0. The summed E-state index contributed by atoms with van der Waals surface area (Å²) in [5.41, 5.74) is 3.29. The highest BCUT2D eigenvalue weighted by atomic mass is 16.1. The SMILES string of the molecule is O=C(CCc1ccccc1)NCc1ccccc1-n1ccnc1. The van der Waals surface area contributed by atoms with E-state index < -0.39 is 0 Å². The van der Waals surface area contributed by atoms with E-state index in [0.29, 0.717) is 13.0 Å². The van der Waals surface area contributed by atoms with Gasteiger partial charge in [0.15, 0.2) is 0 Å². The van der Waals surface area contributed by atoms with Crippen molar-refractivity contribution in [2.75, 3.05) is 0 Å². The van der Waals surface area contributed by atoms with E-state index >= 15 is 0 Å². The Morgan fingerprint density at radius 1 is 1.04 bits per heavy atom. The van der Waals surface area contributed by atoms with Gasteiger partial charge in [0.2, 0.25) is 5.91 Å². The molecule has 0 atom stereocenters. The van der Waals surface area contributed by atoms with Crippen molar-refractivity contribution in [2.45, 2.75) is 19.4 Å². The molecule has 0 radical (unpaired) electrons. The predicted molar refractivity (Wildman–Crippen MR) is 90.2 cm³/mol. The normalized spacial score (nSPS) is 10.4. The lowest BCUT2D eigenvalue weighted by molar-refractivity contribution is -0.121. The smallest absolute Gasteiger partial charge is 0.220 e. The summed E-state index contributed by atoms with van der Waals surface area (Å²) in [6, 6.07) is 18.1. The Kier molecular flexibility index (Phi) is 4.84. The van der Waals surface area contributed by atoms with E-state index in [4.69, 9.17) is 0 Å². The highest BCUT2D eigenvalue weighted by Crippen LogP contribution is 2.14. The van der Waals surface area contributed by atoms with Gasteiger partial charge in [-0.3, -0.25) is 4.79 Å². The number of hydrogen-bond acceptors (Lipinski definition) is 2. The Labute approximate surface area is 135 Å². The van der Waals surface area contributed by atoms with Crippen molar-refractivity contribution in [3.8, 4) is 5.69 Å². The number of nitrogens with zero attached hydrogens (tertiary/aromatic N) is 2. The maximum absolute atomic E-state index is 12.1. The van der Waals surface area contributed by atoms with Gasteiger partial charge in [-0.05, 0) is 23.6 Å². The van der Waals surface area contributed by atoms with Crippen molar-refractivity contribution in [2.24, 2.45) is 0 Å². The van der Waals surface area contributed by atoms with Crippen LogP contribution in [0.5, 0.6) is 0 Å². The molecule has 4 nitrogen and oxygen atoms in total. The first-order valence-corrected chi connectivity index (χ1v) is 7.70. The lowest BCUT2D eigenvalue weighted by Crippen LogP contribution is -2.23. The molecule has 1 N–H and O–H groups in total. The van der Waals surface area contributed by atoms with Gasteiger partial charge < -0.3 is 9.88 Å². The molecule has 0 saturated heterocycles. The Morgan fingerprint density at radius 3 is 2.61 bits per heavy atom. The monoisotopic (exact) mass is 305 g/mol. The fourth-order valence-corrected chi connectivity index (χ4v) is 2.50. The largest absolute Gasteiger partial charge is 0.352 e. The lowest BCUT2D eigenvalue weighted by atomic mass is 10.1. The minimum atomic E-state index is 0.0642. The molecule has 3 rings (SSSR count). The third-order valence-corrected chi connectivity index (χ3v) is 3.73. The maximum Gasteiger partial charge on any atom is 0.220 e. The molecule has 2 aromatic carbocycles. The second-order valence-electron chi connectivity index (χ2n) is 5.36.